The van der Waals surface area contributed by atoms with Gasteiger partial charge in [-0.1, -0.05) is 0 Å². The zero-order valence-corrected chi connectivity index (χ0v) is 11.0. The first-order valence-corrected chi connectivity index (χ1v) is 5.64. The molecule has 1 aromatic heterocycles. The number of aromatic nitrogens is 1. The molecular formula is C12H19N3O4. The minimum atomic E-state index is -1.82. The van der Waals surface area contributed by atoms with Gasteiger partial charge in [-0.2, -0.15) is 0 Å². The van der Waals surface area contributed by atoms with E-state index in [1.54, 1.807) is 0 Å². The molecular weight excluding hydrogens is 250 g/mol. The second-order valence-electron chi connectivity index (χ2n) is 3.95. The first-order chi connectivity index (χ1) is 8.93. The Balaban J connectivity index is 0.000000459. The van der Waals surface area contributed by atoms with E-state index in [4.69, 9.17) is 19.8 Å². The molecule has 0 saturated carbocycles. The van der Waals surface area contributed by atoms with Crippen LogP contribution in [-0.4, -0.2) is 59.2 Å². The van der Waals surface area contributed by atoms with Crippen molar-refractivity contribution < 1.29 is 19.8 Å². The minimum absolute atomic E-state index is 0.927. The number of hydrogen-bond donors (Lipinski definition) is 3. The summed E-state index contributed by atoms with van der Waals surface area (Å²) in [5, 5.41) is 18.1. The number of nitrogens with zero attached hydrogens (tertiary/aromatic N) is 2. The van der Waals surface area contributed by atoms with E-state index in [-0.39, 0.29) is 0 Å². The number of carboxylic acid groups (broad SMARTS) is 2. The summed E-state index contributed by atoms with van der Waals surface area (Å²) < 4.78 is 0. The Morgan fingerprint density at radius 2 is 1.74 bits per heavy atom. The molecule has 106 valence electrons. The van der Waals surface area contributed by atoms with Gasteiger partial charge in [0.25, 0.3) is 0 Å². The highest BCUT2D eigenvalue weighted by Crippen LogP contribution is 1.93. The monoisotopic (exact) mass is 269 g/mol. The molecule has 7 nitrogen and oxygen atoms in total. The van der Waals surface area contributed by atoms with Crippen LogP contribution in [0.1, 0.15) is 5.56 Å². The maximum Gasteiger partial charge on any atom is 0.414 e. The molecule has 0 aliphatic carbocycles. The topological polar surface area (TPSA) is 103 Å². The van der Waals surface area contributed by atoms with E-state index in [9.17, 15) is 0 Å². The van der Waals surface area contributed by atoms with Gasteiger partial charge >= 0.3 is 11.9 Å². The molecule has 1 rings (SSSR count). The third kappa shape index (κ3) is 10.9. The lowest BCUT2D eigenvalue weighted by molar-refractivity contribution is -0.159. The van der Waals surface area contributed by atoms with Gasteiger partial charge in [-0.05, 0) is 31.8 Å². The Labute approximate surface area is 111 Å². The summed E-state index contributed by atoms with van der Waals surface area (Å²) in [7, 11) is 4.15. The molecule has 0 bridgehead atoms. The van der Waals surface area contributed by atoms with Crippen molar-refractivity contribution >= 4 is 11.9 Å². The molecule has 1 heterocycles. The van der Waals surface area contributed by atoms with Crippen molar-refractivity contribution in [2.45, 2.75) is 6.54 Å². The number of hydrogen-bond acceptors (Lipinski definition) is 5. The molecule has 0 radical (unpaired) electrons. The fourth-order valence-electron chi connectivity index (χ4n) is 1.04. The number of carboxylic acids is 2. The van der Waals surface area contributed by atoms with Gasteiger partial charge in [0, 0.05) is 32.0 Å². The summed E-state index contributed by atoms with van der Waals surface area (Å²) in [6, 6.07) is 4.06. The van der Waals surface area contributed by atoms with Crippen LogP contribution in [0, 0.1) is 0 Å². The molecule has 0 aliphatic heterocycles. The zero-order chi connectivity index (χ0) is 14.7. The van der Waals surface area contributed by atoms with Crippen LogP contribution in [0.25, 0.3) is 0 Å². The number of aliphatic carboxylic acids is 2. The quantitative estimate of drug-likeness (QED) is 0.506. The van der Waals surface area contributed by atoms with E-state index >= 15 is 0 Å². The molecule has 3 N–H and O–H groups in total. The van der Waals surface area contributed by atoms with E-state index < -0.39 is 11.9 Å². The number of likely N-dealkylation sites (N-methyl/N-ethyl adjacent to an activating group) is 1. The van der Waals surface area contributed by atoms with Crippen LogP contribution < -0.4 is 5.32 Å². The van der Waals surface area contributed by atoms with Gasteiger partial charge in [0.05, 0.1) is 0 Å². The number of nitrogens with one attached hydrogen (secondary N) is 1. The van der Waals surface area contributed by atoms with Crippen LogP contribution >= 0.6 is 0 Å². The lowest BCUT2D eigenvalue weighted by Gasteiger charge is -2.09. The third-order valence-corrected chi connectivity index (χ3v) is 2.00. The van der Waals surface area contributed by atoms with Crippen molar-refractivity contribution in [1.82, 2.24) is 15.2 Å². The van der Waals surface area contributed by atoms with Gasteiger partial charge in [0.2, 0.25) is 0 Å². The Morgan fingerprint density at radius 1 is 1.21 bits per heavy atom. The molecule has 0 unspecified atom stereocenters. The maximum absolute atomic E-state index is 9.10. The fraction of sp³-hybridized carbons (Fsp3) is 0.417. The zero-order valence-electron chi connectivity index (χ0n) is 11.0. The van der Waals surface area contributed by atoms with Crippen molar-refractivity contribution in [1.29, 1.82) is 0 Å². The molecule has 0 saturated heterocycles. The molecule has 0 aliphatic rings. The lowest BCUT2D eigenvalue weighted by atomic mass is 10.3. The number of carbonyl (C=O) groups is 2. The van der Waals surface area contributed by atoms with Crippen LogP contribution in [0.5, 0.6) is 0 Å². The summed E-state index contributed by atoms with van der Waals surface area (Å²) in [6.07, 6.45) is 3.64. The predicted molar refractivity (Wildman–Crippen MR) is 69.8 cm³/mol. The Morgan fingerprint density at radius 3 is 2.16 bits per heavy atom. The molecule has 1 aromatic rings. The predicted octanol–water partition coefficient (Wildman–Crippen LogP) is -0.112. The van der Waals surface area contributed by atoms with Gasteiger partial charge in [0.1, 0.15) is 0 Å². The average Bonchev–Trinajstić information content (AvgIpc) is 2.36. The van der Waals surface area contributed by atoms with Gasteiger partial charge in [-0.25, -0.2) is 9.59 Å². The minimum Gasteiger partial charge on any atom is -0.473 e. The summed E-state index contributed by atoms with van der Waals surface area (Å²) in [6.45, 7) is 3.02. The van der Waals surface area contributed by atoms with E-state index in [0.717, 1.165) is 19.6 Å². The first kappa shape index (κ1) is 17.0. The van der Waals surface area contributed by atoms with Crippen molar-refractivity contribution in [3.05, 3.63) is 30.1 Å². The smallest absolute Gasteiger partial charge is 0.414 e. The van der Waals surface area contributed by atoms with Crippen LogP contribution in [0.15, 0.2) is 24.5 Å². The van der Waals surface area contributed by atoms with Crippen LogP contribution in [0.3, 0.4) is 0 Å². The normalized spacial score (nSPS) is 9.63. The van der Waals surface area contributed by atoms with E-state index in [0.29, 0.717) is 0 Å². The summed E-state index contributed by atoms with van der Waals surface area (Å²) >= 11 is 0. The van der Waals surface area contributed by atoms with Crippen molar-refractivity contribution in [3.63, 3.8) is 0 Å². The molecule has 0 fully saturated rings. The molecule has 7 heteroatoms. The second-order valence-corrected chi connectivity index (χ2v) is 3.95. The van der Waals surface area contributed by atoms with Gasteiger partial charge in [0.15, 0.2) is 0 Å². The Hall–Kier alpha value is -1.99. The van der Waals surface area contributed by atoms with E-state index in [2.05, 4.69) is 29.3 Å². The summed E-state index contributed by atoms with van der Waals surface area (Å²) in [4.78, 5) is 24.3. The van der Waals surface area contributed by atoms with Crippen molar-refractivity contribution in [2.24, 2.45) is 0 Å². The van der Waals surface area contributed by atoms with E-state index in [1.165, 1.54) is 5.56 Å². The van der Waals surface area contributed by atoms with Crippen LogP contribution in [0.4, 0.5) is 0 Å². The van der Waals surface area contributed by atoms with Gasteiger partial charge < -0.3 is 20.4 Å². The molecule has 0 amide bonds. The summed E-state index contributed by atoms with van der Waals surface area (Å²) in [5.74, 6) is -3.65. The van der Waals surface area contributed by atoms with Gasteiger partial charge in [-0.3, -0.25) is 4.98 Å². The number of rotatable bonds is 5. The SMILES string of the molecule is CN(C)CCNCc1ccncc1.O=C(O)C(=O)O. The third-order valence-electron chi connectivity index (χ3n) is 2.00. The molecule has 0 aromatic carbocycles. The Kier molecular flexibility index (Phi) is 8.94. The summed E-state index contributed by atoms with van der Waals surface area (Å²) in [5.41, 5.74) is 1.29. The van der Waals surface area contributed by atoms with Crippen molar-refractivity contribution in [2.75, 3.05) is 27.2 Å². The fourth-order valence-corrected chi connectivity index (χ4v) is 1.04. The second kappa shape index (κ2) is 9.98. The first-order valence-electron chi connectivity index (χ1n) is 5.64. The van der Waals surface area contributed by atoms with Crippen LogP contribution in [0.2, 0.25) is 0 Å². The average molecular weight is 269 g/mol. The highest BCUT2D eigenvalue weighted by molar-refractivity contribution is 6.27. The highest BCUT2D eigenvalue weighted by atomic mass is 16.4. The maximum atomic E-state index is 9.10. The number of pyridine rings is 1. The van der Waals surface area contributed by atoms with Gasteiger partial charge in [-0.15, -0.1) is 0 Å². The molecule has 0 atom stereocenters. The largest absolute Gasteiger partial charge is 0.473 e. The standard InChI is InChI=1S/C10H17N3.C2H2O4/c1-13(2)8-7-12-9-10-3-5-11-6-4-10;3-1(4)2(5)6/h3-6,12H,7-9H2,1-2H3;(H,3,4)(H,5,6). The lowest BCUT2D eigenvalue weighted by Crippen LogP contribution is -2.26. The molecule has 19 heavy (non-hydrogen) atoms. The van der Waals surface area contributed by atoms with E-state index in [1.807, 2.05) is 24.5 Å². The Bertz CT molecular complexity index is 370. The van der Waals surface area contributed by atoms with Crippen molar-refractivity contribution in [3.8, 4) is 0 Å². The van der Waals surface area contributed by atoms with Crippen LogP contribution in [-0.2, 0) is 16.1 Å². The highest BCUT2D eigenvalue weighted by Gasteiger charge is 2.04. The molecule has 0 spiro atoms.